The van der Waals surface area contributed by atoms with Crippen LogP contribution in [0.4, 0.5) is 5.69 Å². The van der Waals surface area contributed by atoms with E-state index >= 15 is 0 Å². The van der Waals surface area contributed by atoms with Crippen LogP contribution in [-0.4, -0.2) is 14.9 Å². The second-order valence-electron chi connectivity index (χ2n) is 2.62. The Morgan fingerprint density at radius 3 is 3.08 bits per heavy atom. The molecule has 0 aliphatic carbocycles. The summed E-state index contributed by atoms with van der Waals surface area (Å²) in [5, 5.41) is 9.83. The number of rotatable bonds is 0. The lowest BCUT2D eigenvalue weighted by Crippen LogP contribution is -2.18. The predicted octanol–water partition coefficient (Wildman–Crippen LogP) is 0.216. The van der Waals surface area contributed by atoms with Crippen molar-refractivity contribution in [2.75, 3.05) is 5.73 Å². The number of nitrogens with zero attached hydrogens (tertiary/aromatic N) is 2. The van der Waals surface area contributed by atoms with Crippen molar-refractivity contribution in [2.45, 2.75) is 0 Å². The summed E-state index contributed by atoms with van der Waals surface area (Å²) in [7, 11) is 0. The number of anilines is 1. The summed E-state index contributed by atoms with van der Waals surface area (Å²) < 4.78 is 0.478. The smallest absolute Gasteiger partial charge is 0.286 e. The van der Waals surface area contributed by atoms with Crippen LogP contribution in [-0.2, 0) is 0 Å². The minimum absolute atomic E-state index is 0.174. The number of fused-ring (bicyclic) bond motifs is 1. The normalized spacial score (nSPS) is 10.5. The first-order valence-electron chi connectivity index (χ1n) is 3.65. The van der Waals surface area contributed by atoms with E-state index in [0.29, 0.717) is 15.8 Å². The van der Waals surface area contributed by atoms with Gasteiger partial charge in [0.05, 0.1) is 0 Å². The minimum Gasteiger partial charge on any atom is -0.423 e. The molecular weight excluding hydrogens is 170 g/mol. The summed E-state index contributed by atoms with van der Waals surface area (Å²) in [6, 6.07) is 4.52. The highest BCUT2D eigenvalue weighted by atomic mass is 16.5. The van der Waals surface area contributed by atoms with Gasteiger partial charge in [0, 0.05) is 23.3 Å². The predicted molar refractivity (Wildman–Crippen MR) is 47.6 cm³/mol. The molecule has 2 heterocycles. The number of nitrogen functional groups attached to an aromatic ring is 1. The molecule has 0 aliphatic rings. The highest BCUT2D eigenvalue weighted by molar-refractivity contribution is 5.87. The number of hydrogen-bond acceptors (Lipinski definition) is 4. The number of pyridine rings is 2. The maximum Gasteiger partial charge on any atom is 0.286 e. The molecule has 2 rings (SSSR count). The molecule has 0 aromatic carbocycles. The van der Waals surface area contributed by atoms with Crippen molar-refractivity contribution in [1.29, 1.82) is 0 Å². The minimum atomic E-state index is -0.580. The van der Waals surface area contributed by atoms with Gasteiger partial charge in [-0.2, -0.15) is 0 Å². The average Bonchev–Trinajstić information content (AvgIpc) is 2.15. The lowest BCUT2D eigenvalue weighted by atomic mass is 10.2. The summed E-state index contributed by atoms with van der Waals surface area (Å²) in [6.45, 7) is 0. The molecule has 0 fully saturated rings. The molecule has 5 heteroatoms. The fourth-order valence-electron chi connectivity index (χ4n) is 1.17. The summed E-state index contributed by atoms with van der Waals surface area (Å²) >= 11 is 0. The molecule has 0 radical (unpaired) electrons. The molecule has 0 saturated carbocycles. The average molecular weight is 177 g/mol. The Kier molecular flexibility index (Phi) is 1.45. The van der Waals surface area contributed by atoms with Gasteiger partial charge in [0.2, 0.25) is 0 Å². The van der Waals surface area contributed by atoms with Gasteiger partial charge >= 0.3 is 0 Å². The number of nitrogens with two attached hydrogens (primary N) is 1. The molecule has 5 nitrogen and oxygen atoms in total. The molecular formula is C8H7N3O2. The molecule has 0 bridgehead atoms. The summed E-state index contributed by atoms with van der Waals surface area (Å²) in [5.74, 6) is 0. The van der Waals surface area contributed by atoms with Gasteiger partial charge in [-0.25, -0.2) is 4.98 Å². The first-order chi connectivity index (χ1) is 6.20. The van der Waals surface area contributed by atoms with Crippen LogP contribution in [0.5, 0.6) is 0 Å². The van der Waals surface area contributed by atoms with E-state index in [2.05, 4.69) is 4.98 Å². The van der Waals surface area contributed by atoms with Crippen molar-refractivity contribution < 1.29 is 5.21 Å². The number of aromatic nitrogens is 2. The fourth-order valence-corrected chi connectivity index (χ4v) is 1.17. The van der Waals surface area contributed by atoms with Crippen molar-refractivity contribution in [1.82, 2.24) is 9.71 Å². The zero-order valence-electron chi connectivity index (χ0n) is 6.64. The van der Waals surface area contributed by atoms with Gasteiger partial charge in [0.25, 0.3) is 5.56 Å². The van der Waals surface area contributed by atoms with Crippen LogP contribution in [0, 0.1) is 0 Å². The molecule has 0 saturated heterocycles. The standard InChI is InChI=1S/C8H7N3O2/c9-6-4-7(12)11(13)8-5(6)2-1-3-10-8/h1-4,13H,9H2. The SMILES string of the molecule is Nc1cc(=O)n(O)c2ncccc12. The van der Waals surface area contributed by atoms with Gasteiger partial charge in [-0.1, -0.05) is 0 Å². The van der Waals surface area contributed by atoms with Crippen molar-refractivity contribution in [2.24, 2.45) is 0 Å². The third kappa shape index (κ3) is 1.01. The van der Waals surface area contributed by atoms with Gasteiger partial charge in [-0.05, 0) is 12.1 Å². The van der Waals surface area contributed by atoms with Crippen LogP contribution in [0.3, 0.4) is 0 Å². The molecule has 0 amide bonds. The third-order valence-corrected chi connectivity index (χ3v) is 1.79. The maximum atomic E-state index is 11.0. The number of hydrogen-bond donors (Lipinski definition) is 2. The molecule has 0 aliphatic heterocycles. The van der Waals surface area contributed by atoms with Crippen LogP contribution < -0.4 is 11.3 Å². The lowest BCUT2D eigenvalue weighted by molar-refractivity contribution is 0.187. The summed E-state index contributed by atoms with van der Waals surface area (Å²) in [6.07, 6.45) is 1.48. The van der Waals surface area contributed by atoms with Gasteiger partial charge < -0.3 is 10.9 Å². The highest BCUT2D eigenvalue weighted by Crippen LogP contribution is 2.14. The molecule has 0 unspecified atom stereocenters. The second-order valence-corrected chi connectivity index (χ2v) is 2.62. The molecule has 13 heavy (non-hydrogen) atoms. The molecule has 2 aromatic rings. The molecule has 0 spiro atoms. The van der Waals surface area contributed by atoms with Crippen LogP contribution >= 0.6 is 0 Å². The molecule has 66 valence electrons. The Morgan fingerprint density at radius 1 is 1.54 bits per heavy atom. The Morgan fingerprint density at radius 2 is 2.31 bits per heavy atom. The quantitative estimate of drug-likeness (QED) is 0.564. The molecule has 3 N–H and O–H groups in total. The third-order valence-electron chi connectivity index (χ3n) is 1.79. The summed E-state index contributed by atoms with van der Waals surface area (Å²) in [5.41, 5.74) is 5.47. The van der Waals surface area contributed by atoms with E-state index in [9.17, 15) is 10.0 Å². The molecule has 0 atom stereocenters. The van der Waals surface area contributed by atoms with Crippen LogP contribution in [0.25, 0.3) is 11.0 Å². The van der Waals surface area contributed by atoms with E-state index in [-0.39, 0.29) is 5.65 Å². The Hall–Kier alpha value is -2.04. The van der Waals surface area contributed by atoms with Crippen molar-refractivity contribution in [3.8, 4) is 0 Å². The van der Waals surface area contributed by atoms with E-state index in [1.807, 2.05) is 0 Å². The second kappa shape index (κ2) is 2.48. The topological polar surface area (TPSA) is 81.1 Å². The van der Waals surface area contributed by atoms with E-state index < -0.39 is 5.56 Å². The maximum absolute atomic E-state index is 11.0. The van der Waals surface area contributed by atoms with E-state index in [1.54, 1.807) is 12.1 Å². The van der Waals surface area contributed by atoms with E-state index in [0.717, 1.165) is 6.07 Å². The first-order valence-corrected chi connectivity index (χ1v) is 3.65. The Balaban J connectivity index is 3.06. The zero-order chi connectivity index (χ0) is 9.42. The van der Waals surface area contributed by atoms with Crippen LogP contribution in [0.2, 0.25) is 0 Å². The zero-order valence-corrected chi connectivity index (χ0v) is 6.64. The van der Waals surface area contributed by atoms with E-state index in [4.69, 9.17) is 5.73 Å². The van der Waals surface area contributed by atoms with Gasteiger partial charge in [-0.15, -0.1) is 4.73 Å². The molecule has 2 aromatic heterocycles. The van der Waals surface area contributed by atoms with Crippen molar-refractivity contribution >= 4 is 16.7 Å². The van der Waals surface area contributed by atoms with Gasteiger partial charge in [0.1, 0.15) is 0 Å². The van der Waals surface area contributed by atoms with Crippen molar-refractivity contribution in [3.63, 3.8) is 0 Å². The summed E-state index contributed by atoms with van der Waals surface area (Å²) in [4.78, 5) is 14.9. The highest BCUT2D eigenvalue weighted by Gasteiger charge is 2.04. The van der Waals surface area contributed by atoms with Crippen LogP contribution in [0.1, 0.15) is 0 Å². The fraction of sp³-hybridized carbons (Fsp3) is 0. The Labute approximate surface area is 73.0 Å². The monoisotopic (exact) mass is 177 g/mol. The lowest BCUT2D eigenvalue weighted by Gasteiger charge is -2.02. The first kappa shape index (κ1) is 7.60. The van der Waals surface area contributed by atoms with E-state index in [1.165, 1.54) is 6.20 Å². The Bertz CT molecular complexity index is 518. The van der Waals surface area contributed by atoms with Crippen LogP contribution in [0.15, 0.2) is 29.2 Å². The largest absolute Gasteiger partial charge is 0.423 e. The van der Waals surface area contributed by atoms with Gasteiger partial charge in [0.15, 0.2) is 5.65 Å². The van der Waals surface area contributed by atoms with Gasteiger partial charge in [-0.3, -0.25) is 4.79 Å². The van der Waals surface area contributed by atoms with Crippen molar-refractivity contribution in [3.05, 3.63) is 34.7 Å².